The molecule has 6 nitrogen and oxygen atoms in total. The van der Waals surface area contributed by atoms with Crippen LogP contribution >= 0.6 is 23.4 Å². The Labute approximate surface area is 144 Å². The maximum atomic E-state index is 11.9. The van der Waals surface area contributed by atoms with Crippen molar-refractivity contribution in [2.24, 2.45) is 0 Å². The molecule has 1 amide bonds. The Bertz CT molecular complexity index is 635. The molecule has 8 heteroatoms. The zero-order chi connectivity index (χ0) is 16.5. The second kappa shape index (κ2) is 9.54. The van der Waals surface area contributed by atoms with Gasteiger partial charge in [0.1, 0.15) is 6.33 Å². The summed E-state index contributed by atoms with van der Waals surface area (Å²) in [7, 11) is 1.65. The van der Waals surface area contributed by atoms with Crippen molar-refractivity contribution >= 4 is 29.3 Å². The van der Waals surface area contributed by atoms with E-state index < -0.39 is 0 Å². The molecule has 0 saturated carbocycles. The van der Waals surface area contributed by atoms with E-state index in [0.717, 1.165) is 10.7 Å². The number of carbonyl (C=O) groups excluding carboxylic acids is 1. The summed E-state index contributed by atoms with van der Waals surface area (Å²) in [5.41, 5.74) is 0.912. The number of nitrogens with one attached hydrogen (secondary N) is 1. The number of nitrogens with zero attached hydrogens (tertiary/aromatic N) is 3. The van der Waals surface area contributed by atoms with E-state index in [-0.39, 0.29) is 5.91 Å². The SMILES string of the molecule is COCCn1cnnc1SCCC(=O)NCc1ccccc1Cl. The van der Waals surface area contributed by atoms with Crippen LogP contribution in [0.2, 0.25) is 5.02 Å². The van der Waals surface area contributed by atoms with Crippen molar-refractivity contribution < 1.29 is 9.53 Å². The Morgan fingerprint density at radius 1 is 1.43 bits per heavy atom. The fourth-order valence-electron chi connectivity index (χ4n) is 1.86. The van der Waals surface area contributed by atoms with Gasteiger partial charge in [-0.3, -0.25) is 4.79 Å². The number of amides is 1. The van der Waals surface area contributed by atoms with Gasteiger partial charge in [0, 0.05) is 37.4 Å². The largest absolute Gasteiger partial charge is 0.383 e. The van der Waals surface area contributed by atoms with Crippen LogP contribution in [-0.4, -0.2) is 40.1 Å². The molecular weight excluding hydrogens is 336 g/mol. The Kier molecular flexibility index (Phi) is 7.38. The van der Waals surface area contributed by atoms with Crippen LogP contribution < -0.4 is 5.32 Å². The van der Waals surface area contributed by atoms with Crippen molar-refractivity contribution in [1.29, 1.82) is 0 Å². The molecule has 0 aliphatic carbocycles. The van der Waals surface area contributed by atoms with Crippen molar-refractivity contribution in [3.63, 3.8) is 0 Å². The molecule has 124 valence electrons. The molecule has 0 aliphatic heterocycles. The van der Waals surface area contributed by atoms with Gasteiger partial charge < -0.3 is 14.6 Å². The first-order chi connectivity index (χ1) is 11.2. The lowest BCUT2D eigenvalue weighted by Gasteiger charge is -2.07. The number of hydrogen-bond donors (Lipinski definition) is 1. The minimum absolute atomic E-state index is 0.0135. The highest BCUT2D eigenvalue weighted by molar-refractivity contribution is 7.99. The first-order valence-electron chi connectivity index (χ1n) is 7.20. The first kappa shape index (κ1) is 17.8. The van der Waals surface area contributed by atoms with Crippen LogP contribution in [-0.2, 0) is 22.6 Å². The zero-order valence-electron chi connectivity index (χ0n) is 12.9. The van der Waals surface area contributed by atoms with E-state index in [4.69, 9.17) is 16.3 Å². The number of benzene rings is 1. The number of hydrogen-bond acceptors (Lipinski definition) is 5. The van der Waals surface area contributed by atoms with Gasteiger partial charge in [0.25, 0.3) is 0 Å². The number of methoxy groups -OCH3 is 1. The average molecular weight is 355 g/mol. The highest BCUT2D eigenvalue weighted by Gasteiger charge is 2.08. The van der Waals surface area contributed by atoms with Crippen LogP contribution in [0, 0.1) is 0 Å². The molecule has 0 unspecified atom stereocenters. The lowest BCUT2D eigenvalue weighted by Crippen LogP contribution is -2.23. The zero-order valence-corrected chi connectivity index (χ0v) is 14.4. The van der Waals surface area contributed by atoms with Crippen LogP contribution in [0.4, 0.5) is 0 Å². The fourth-order valence-corrected chi connectivity index (χ4v) is 2.94. The van der Waals surface area contributed by atoms with Gasteiger partial charge in [-0.2, -0.15) is 0 Å². The summed E-state index contributed by atoms with van der Waals surface area (Å²) in [4.78, 5) is 11.9. The van der Waals surface area contributed by atoms with Gasteiger partial charge in [0.05, 0.1) is 6.61 Å². The van der Waals surface area contributed by atoms with Crippen molar-refractivity contribution in [2.45, 2.75) is 24.7 Å². The molecule has 0 spiro atoms. The Hall–Kier alpha value is -1.57. The van der Waals surface area contributed by atoms with Gasteiger partial charge in [-0.05, 0) is 11.6 Å². The summed E-state index contributed by atoms with van der Waals surface area (Å²) in [6.45, 7) is 1.74. The lowest BCUT2D eigenvalue weighted by atomic mass is 10.2. The molecule has 0 bridgehead atoms. The van der Waals surface area contributed by atoms with E-state index in [1.165, 1.54) is 11.8 Å². The van der Waals surface area contributed by atoms with Crippen molar-refractivity contribution in [3.05, 3.63) is 41.2 Å². The van der Waals surface area contributed by atoms with Crippen LogP contribution in [0.15, 0.2) is 35.7 Å². The van der Waals surface area contributed by atoms with Crippen LogP contribution in [0.3, 0.4) is 0 Å². The van der Waals surface area contributed by atoms with Crippen LogP contribution in [0.25, 0.3) is 0 Å². The number of thioether (sulfide) groups is 1. The molecule has 1 aromatic heterocycles. The average Bonchev–Trinajstić information content (AvgIpc) is 2.99. The molecule has 0 radical (unpaired) electrons. The van der Waals surface area contributed by atoms with Gasteiger partial charge >= 0.3 is 0 Å². The molecule has 1 aromatic carbocycles. The third kappa shape index (κ3) is 5.85. The standard InChI is InChI=1S/C15H19ClN4O2S/c1-22-8-7-20-11-18-19-15(20)23-9-6-14(21)17-10-12-4-2-3-5-13(12)16/h2-5,11H,6-10H2,1H3,(H,17,21). The molecular formula is C15H19ClN4O2S. The molecule has 1 N–H and O–H groups in total. The third-order valence-electron chi connectivity index (χ3n) is 3.11. The maximum Gasteiger partial charge on any atom is 0.221 e. The van der Waals surface area contributed by atoms with Gasteiger partial charge in [0.15, 0.2) is 5.16 Å². The smallest absolute Gasteiger partial charge is 0.221 e. The van der Waals surface area contributed by atoms with Gasteiger partial charge in [0.2, 0.25) is 5.91 Å². The predicted molar refractivity (Wildman–Crippen MR) is 90.5 cm³/mol. The summed E-state index contributed by atoms with van der Waals surface area (Å²) >= 11 is 7.56. The van der Waals surface area contributed by atoms with Crippen LogP contribution in [0.5, 0.6) is 0 Å². The number of ether oxygens (including phenoxy) is 1. The first-order valence-corrected chi connectivity index (χ1v) is 8.56. The molecule has 0 fully saturated rings. The maximum absolute atomic E-state index is 11.9. The van der Waals surface area contributed by atoms with Gasteiger partial charge in [-0.15, -0.1) is 10.2 Å². The fraction of sp³-hybridized carbons (Fsp3) is 0.400. The summed E-state index contributed by atoms with van der Waals surface area (Å²) in [6.07, 6.45) is 2.07. The predicted octanol–water partition coefficient (Wildman–Crippen LogP) is 2.38. The van der Waals surface area contributed by atoms with Crippen LogP contribution in [0.1, 0.15) is 12.0 Å². The Morgan fingerprint density at radius 3 is 3.04 bits per heavy atom. The number of aromatic nitrogens is 3. The topological polar surface area (TPSA) is 69.0 Å². The molecule has 0 aliphatic rings. The number of carbonyl (C=O) groups is 1. The van der Waals surface area contributed by atoms with E-state index in [9.17, 15) is 4.79 Å². The Balaban J connectivity index is 1.71. The summed E-state index contributed by atoms with van der Waals surface area (Å²) < 4.78 is 6.95. The normalized spacial score (nSPS) is 10.7. The molecule has 1 heterocycles. The second-order valence-electron chi connectivity index (χ2n) is 4.77. The van der Waals surface area contributed by atoms with Crippen molar-refractivity contribution in [3.8, 4) is 0 Å². The van der Waals surface area contributed by atoms with E-state index in [1.807, 2.05) is 28.8 Å². The molecule has 0 atom stereocenters. The summed E-state index contributed by atoms with van der Waals surface area (Å²) in [5.74, 6) is 0.625. The molecule has 2 rings (SSSR count). The monoisotopic (exact) mass is 354 g/mol. The minimum Gasteiger partial charge on any atom is -0.383 e. The molecule has 23 heavy (non-hydrogen) atoms. The van der Waals surface area contributed by atoms with E-state index in [2.05, 4.69) is 15.5 Å². The molecule has 2 aromatic rings. The summed E-state index contributed by atoms with van der Waals surface area (Å²) in [5, 5.41) is 12.2. The lowest BCUT2D eigenvalue weighted by molar-refractivity contribution is -0.120. The van der Waals surface area contributed by atoms with Gasteiger partial charge in [-0.1, -0.05) is 41.6 Å². The number of rotatable bonds is 9. The Morgan fingerprint density at radius 2 is 2.26 bits per heavy atom. The highest BCUT2D eigenvalue weighted by Crippen LogP contribution is 2.16. The van der Waals surface area contributed by atoms with Crippen molar-refractivity contribution in [2.75, 3.05) is 19.5 Å². The quantitative estimate of drug-likeness (QED) is 0.700. The molecule has 0 saturated heterocycles. The van der Waals surface area contributed by atoms with E-state index in [1.54, 1.807) is 13.4 Å². The minimum atomic E-state index is -0.0135. The highest BCUT2D eigenvalue weighted by atomic mass is 35.5. The van der Waals surface area contributed by atoms with E-state index in [0.29, 0.717) is 36.9 Å². The van der Waals surface area contributed by atoms with Gasteiger partial charge in [-0.25, -0.2) is 0 Å². The van der Waals surface area contributed by atoms with Crippen molar-refractivity contribution in [1.82, 2.24) is 20.1 Å². The second-order valence-corrected chi connectivity index (χ2v) is 6.24. The van der Waals surface area contributed by atoms with E-state index >= 15 is 0 Å². The number of halogens is 1. The summed E-state index contributed by atoms with van der Waals surface area (Å²) in [6, 6.07) is 7.47. The third-order valence-corrected chi connectivity index (χ3v) is 4.46.